The Labute approximate surface area is 121 Å². The maximum Gasteiger partial charge on any atom is 0.413 e. The number of benzene rings is 1. The Morgan fingerprint density at radius 1 is 1.53 bits per heavy atom. The molecule has 0 bridgehead atoms. The van der Waals surface area contributed by atoms with Gasteiger partial charge >= 0.3 is 6.09 Å². The molecule has 0 fully saturated rings. The number of amides is 1. The van der Waals surface area contributed by atoms with Crippen LogP contribution < -0.4 is 5.32 Å². The fraction of sp³-hybridized carbons (Fsp3) is 0.333. The first-order chi connectivity index (χ1) is 8.72. The van der Waals surface area contributed by atoms with Gasteiger partial charge in [0.1, 0.15) is 0 Å². The number of halogens is 1. The first kappa shape index (κ1) is 15.7. The molecule has 1 amide bonds. The molecule has 2 aromatic rings. The summed E-state index contributed by atoms with van der Waals surface area (Å²) in [6.45, 7) is 2.15. The summed E-state index contributed by atoms with van der Waals surface area (Å²) in [7, 11) is 1.32. The van der Waals surface area contributed by atoms with Crippen LogP contribution in [0.1, 0.15) is 13.3 Å². The van der Waals surface area contributed by atoms with Crippen LogP contribution in [0.5, 0.6) is 0 Å². The van der Waals surface area contributed by atoms with E-state index in [-0.39, 0.29) is 12.4 Å². The van der Waals surface area contributed by atoms with Crippen LogP contribution in [-0.2, 0) is 4.74 Å². The molecule has 0 aliphatic carbocycles. The number of aromatic amines is 1. The van der Waals surface area contributed by atoms with Crippen molar-refractivity contribution in [3.8, 4) is 0 Å². The molecule has 0 spiro atoms. The summed E-state index contributed by atoms with van der Waals surface area (Å²) in [4.78, 5) is 19.5. The Morgan fingerprint density at radius 3 is 3.00 bits per heavy atom. The number of nitrogens with one attached hydrogen (secondary N) is 2. The number of rotatable bonds is 4. The van der Waals surface area contributed by atoms with Crippen LogP contribution in [0, 0.1) is 0 Å². The van der Waals surface area contributed by atoms with Crippen molar-refractivity contribution in [2.45, 2.75) is 18.2 Å². The second kappa shape index (κ2) is 7.25. The quantitative estimate of drug-likeness (QED) is 0.846. The second-order valence-corrected chi connectivity index (χ2v) is 4.90. The van der Waals surface area contributed by atoms with Gasteiger partial charge in [0.15, 0.2) is 0 Å². The molecule has 1 heterocycles. The number of aromatic nitrogens is 2. The third-order valence-electron chi connectivity index (χ3n) is 2.33. The molecule has 104 valence electrons. The van der Waals surface area contributed by atoms with E-state index >= 15 is 0 Å². The van der Waals surface area contributed by atoms with Crippen LogP contribution in [0.25, 0.3) is 11.0 Å². The molecular formula is C12H16ClN3O2S. The lowest BCUT2D eigenvalue weighted by atomic mass is 10.3. The highest BCUT2D eigenvalue weighted by Crippen LogP contribution is 2.23. The summed E-state index contributed by atoms with van der Waals surface area (Å²) >= 11 is 1.80. The van der Waals surface area contributed by atoms with Crippen molar-refractivity contribution in [2.24, 2.45) is 0 Å². The Morgan fingerprint density at radius 2 is 2.32 bits per heavy atom. The number of methoxy groups -OCH3 is 1. The third kappa shape index (κ3) is 4.04. The SMILES string of the molecule is CCCSc1ccc2nc(NC(=O)OC)[nH]c2c1.Cl. The summed E-state index contributed by atoms with van der Waals surface area (Å²) in [6, 6.07) is 6.00. The minimum Gasteiger partial charge on any atom is -0.453 e. The third-order valence-corrected chi connectivity index (χ3v) is 3.53. The van der Waals surface area contributed by atoms with E-state index in [1.807, 2.05) is 18.2 Å². The van der Waals surface area contributed by atoms with Crippen molar-refractivity contribution in [3.05, 3.63) is 18.2 Å². The number of ether oxygens (including phenoxy) is 1. The van der Waals surface area contributed by atoms with Gasteiger partial charge in [0.25, 0.3) is 0 Å². The van der Waals surface area contributed by atoms with Crippen LogP contribution in [-0.4, -0.2) is 28.9 Å². The fourth-order valence-corrected chi connectivity index (χ4v) is 2.31. The summed E-state index contributed by atoms with van der Waals surface area (Å²) in [5.74, 6) is 1.49. The van der Waals surface area contributed by atoms with Gasteiger partial charge in [-0.15, -0.1) is 24.2 Å². The molecular weight excluding hydrogens is 286 g/mol. The van der Waals surface area contributed by atoms with E-state index in [2.05, 4.69) is 26.9 Å². The minimum atomic E-state index is -0.533. The van der Waals surface area contributed by atoms with Gasteiger partial charge in [-0.1, -0.05) is 6.92 Å². The van der Waals surface area contributed by atoms with Crippen molar-refractivity contribution >= 4 is 47.2 Å². The number of fused-ring (bicyclic) bond motifs is 1. The highest BCUT2D eigenvalue weighted by molar-refractivity contribution is 7.99. The lowest BCUT2D eigenvalue weighted by molar-refractivity contribution is 0.186. The molecule has 5 nitrogen and oxygen atoms in total. The molecule has 0 radical (unpaired) electrons. The largest absolute Gasteiger partial charge is 0.453 e. The van der Waals surface area contributed by atoms with Gasteiger partial charge in [-0.3, -0.25) is 5.32 Å². The average molecular weight is 302 g/mol. The number of H-pyrrole nitrogens is 1. The van der Waals surface area contributed by atoms with E-state index in [0.717, 1.165) is 23.2 Å². The normalized spacial score (nSPS) is 10.0. The van der Waals surface area contributed by atoms with Crippen LogP contribution in [0.4, 0.5) is 10.7 Å². The molecule has 7 heteroatoms. The van der Waals surface area contributed by atoms with Crippen LogP contribution in [0.15, 0.2) is 23.1 Å². The number of imidazole rings is 1. The minimum absolute atomic E-state index is 0. The van der Waals surface area contributed by atoms with Crippen LogP contribution in [0.2, 0.25) is 0 Å². The monoisotopic (exact) mass is 301 g/mol. The molecule has 1 aromatic carbocycles. The van der Waals surface area contributed by atoms with Crippen molar-refractivity contribution in [3.63, 3.8) is 0 Å². The van der Waals surface area contributed by atoms with Gasteiger partial charge in [-0.25, -0.2) is 9.78 Å². The Kier molecular flexibility index (Phi) is 5.98. The smallest absolute Gasteiger partial charge is 0.413 e. The second-order valence-electron chi connectivity index (χ2n) is 3.73. The number of nitrogens with zero attached hydrogens (tertiary/aromatic N) is 1. The highest BCUT2D eigenvalue weighted by atomic mass is 35.5. The summed E-state index contributed by atoms with van der Waals surface area (Å²) in [5.41, 5.74) is 1.73. The Hall–Kier alpha value is -1.40. The average Bonchev–Trinajstić information content (AvgIpc) is 2.77. The summed E-state index contributed by atoms with van der Waals surface area (Å²) < 4.78 is 4.51. The zero-order valence-electron chi connectivity index (χ0n) is 10.7. The predicted octanol–water partition coefficient (Wildman–Crippen LogP) is 3.67. The van der Waals surface area contributed by atoms with E-state index < -0.39 is 6.09 Å². The van der Waals surface area contributed by atoms with Gasteiger partial charge in [-0.05, 0) is 30.4 Å². The van der Waals surface area contributed by atoms with Gasteiger partial charge in [0, 0.05) is 4.90 Å². The van der Waals surface area contributed by atoms with Crippen LogP contribution >= 0.6 is 24.2 Å². The molecule has 0 saturated carbocycles. The molecule has 0 aliphatic heterocycles. The van der Waals surface area contributed by atoms with E-state index in [1.165, 1.54) is 12.0 Å². The van der Waals surface area contributed by atoms with Gasteiger partial charge in [-0.2, -0.15) is 0 Å². The molecule has 0 aliphatic rings. The molecule has 1 aromatic heterocycles. The molecule has 0 unspecified atom stereocenters. The van der Waals surface area contributed by atoms with E-state index in [1.54, 1.807) is 11.8 Å². The summed E-state index contributed by atoms with van der Waals surface area (Å²) in [5, 5.41) is 2.51. The number of hydrogen-bond acceptors (Lipinski definition) is 4. The van der Waals surface area contributed by atoms with E-state index in [4.69, 9.17) is 0 Å². The lowest BCUT2D eigenvalue weighted by Crippen LogP contribution is -2.11. The number of thioether (sulfide) groups is 1. The lowest BCUT2D eigenvalue weighted by Gasteiger charge is -1.98. The van der Waals surface area contributed by atoms with Gasteiger partial charge in [0.2, 0.25) is 5.95 Å². The molecule has 2 N–H and O–H groups in total. The van der Waals surface area contributed by atoms with E-state index in [9.17, 15) is 4.79 Å². The maximum absolute atomic E-state index is 11.1. The first-order valence-corrected chi connectivity index (χ1v) is 6.69. The van der Waals surface area contributed by atoms with Crippen LogP contribution in [0.3, 0.4) is 0 Å². The van der Waals surface area contributed by atoms with Crippen molar-refractivity contribution in [1.29, 1.82) is 0 Å². The van der Waals surface area contributed by atoms with Crippen molar-refractivity contribution in [1.82, 2.24) is 9.97 Å². The predicted molar refractivity (Wildman–Crippen MR) is 80.4 cm³/mol. The number of carbonyl (C=O) groups excluding carboxylic acids is 1. The molecule has 19 heavy (non-hydrogen) atoms. The first-order valence-electron chi connectivity index (χ1n) is 5.70. The van der Waals surface area contributed by atoms with Crippen molar-refractivity contribution in [2.75, 3.05) is 18.2 Å². The fourth-order valence-electron chi connectivity index (χ4n) is 1.51. The Balaban J connectivity index is 0.00000180. The zero-order valence-corrected chi connectivity index (χ0v) is 12.4. The van der Waals surface area contributed by atoms with Gasteiger partial charge in [0.05, 0.1) is 18.1 Å². The zero-order chi connectivity index (χ0) is 13.0. The molecule has 0 atom stereocenters. The molecule has 0 saturated heterocycles. The standard InChI is InChI=1S/C12H15N3O2S.ClH/c1-3-6-18-8-4-5-9-10(7-8)14-11(13-9)15-12(16)17-2;/h4-5,7H,3,6H2,1-2H3,(H2,13,14,15,16);1H. The summed E-state index contributed by atoms with van der Waals surface area (Å²) in [6.07, 6.45) is 0.607. The number of anilines is 1. The maximum atomic E-state index is 11.1. The Bertz CT molecular complexity index is 559. The van der Waals surface area contributed by atoms with Crippen molar-refractivity contribution < 1.29 is 9.53 Å². The van der Waals surface area contributed by atoms with Gasteiger partial charge < -0.3 is 9.72 Å². The number of carbonyl (C=O) groups is 1. The highest BCUT2D eigenvalue weighted by Gasteiger charge is 2.07. The van der Waals surface area contributed by atoms with E-state index in [0.29, 0.717) is 5.95 Å². The topological polar surface area (TPSA) is 67.0 Å². The molecule has 2 rings (SSSR count). The number of hydrogen-bond donors (Lipinski definition) is 2.